The molecule has 0 aromatic heterocycles. The minimum absolute atomic E-state index is 0. The van der Waals surface area contributed by atoms with E-state index in [1.165, 1.54) is 0 Å². The average molecular weight is 1430 g/mol. The molecule has 2 aliphatic heterocycles. The predicted molar refractivity (Wildman–Crippen MR) is 346 cm³/mol. The molecule has 0 saturated carbocycles. The molecule has 4 aromatic rings. The van der Waals surface area contributed by atoms with Gasteiger partial charge in [-0.3, -0.25) is 0 Å². The van der Waals surface area contributed by atoms with Gasteiger partial charge >= 0.3 is 12.4 Å². The maximum absolute atomic E-state index is 15.1. The second-order valence-electron chi connectivity index (χ2n) is 32.2. The summed E-state index contributed by atoms with van der Waals surface area (Å²) in [4.78, 5) is 0. The van der Waals surface area contributed by atoms with Crippen molar-refractivity contribution in [2.75, 3.05) is 0 Å². The summed E-state index contributed by atoms with van der Waals surface area (Å²) in [5.74, 6) is 2.74. The number of benzene rings is 4. The Hall–Kier alpha value is -1.52. The van der Waals surface area contributed by atoms with Gasteiger partial charge in [0.1, 0.15) is 51.6 Å². The molecule has 4 aromatic carbocycles. The molecule has 0 bridgehead atoms. The Labute approximate surface area is 553 Å². The van der Waals surface area contributed by atoms with Gasteiger partial charge in [0.05, 0.1) is 21.2 Å². The number of hydrogen-bond donors (Lipinski definition) is 2. The number of aliphatic hydroxyl groups excluding tert-OH is 2. The smallest absolute Gasteiger partial charge is 0.414 e. The van der Waals surface area contributed by atoms with Gasteiger partial charge in [-0.05, 0) is 24.3 Å². The molecular formula is C67H102EuF6O8P4. The van der Waals surface area contributed by atoms with E-state index in [2.05, 4.69) is 218 Å². The van der Waals surface area contributed by atoms with Crippen LogP contribution in [0, 0.1) is 49.4 Å². The zero-order chi connectivity index (χ0) is 66.7. The zero-order valence-electron chi connectivity index (χ0n) is 56.6. The van der Waals surface area contributed by atoms with E-state index in [0.29, 0.717) is 23.0 Å². The summed E-state index contributed by atoms with van der Waals surface area (Å²) in [5, 5.41) is 15.7. The molecule has 1 radical (unpaired) electrons. The van der Waals surface area contributed by atoms with Crippen LogP contribution in [0.3, 0.4) is 0 Å². The minimum atomic E-state index is -5.15. The van der Waals surface area contributed by atoms with Gasteiger partial charge in [0.15, 0.2) is 12.2 Å². The molecule has 19 heteroatoms. The van der Waals surface area contributed by atoms with Crippen molar-refractivity contribution in [2.24, 2.45) is 0 Å². The van der Waals surface area contributed by atoms with Gasteiger partial charge in [0.2, 0.25) is 0 Å². The van der Waals surface area contributed by atoms with Crippen LogP contribution in [0.1, 0.15) is 223 Å². The zero-order valence-corrected chi connectivity index (χ0v) is 62.6. The van der Waals surface area contributed by atoms with E-state index >= 15 is 18.3 Å². The van der Waals surface area contributed by atoms with E-state index in [0.717, 1.165) is 43.5 Å². The largest absolute Gasteiger partial charge is 0.455 e. The number of alkyl halides is 6. The van der Waals surface area contributed by atoms with Gasteiger partial charge in [0, 0.05) is 130 Å². The van der Waals surface area contributed by atoms with Crippen molar-refractivity contribution in [3.8, 4) is 23.0 Å². The van der Waals surface area contributed by atoms with Crippen molar-refractivity contribution in [1.29, 1.82) is 0 Å². The third kappa shape index (κ3) is 13.9. The summed E-state index contributed by atoms with van der Waals surface area (Å²) < 4.78 is 143. The molecule has 487 valence electrons. The molecule has 2 unspecified atom stereocenters. The minimum Gasteiger partial charge on any atom is -0.455 e. The first kappa shape index (κ1) is 78.7. The molecule has 2 atom stereocenters. The Morgan fingerprint density at radius 3 is 0.628 bits per heavy atom. The molecule has 2 N–H and O–H groups in total. The van der Waals surface area contributed by atoms with E-state index in [1.807, 2.05) is 48.5 Å². The number of fused-ring (bicyclic) bond motifs is 4. The van der Waals surface area contributed by atoms with Crippen LogP contribution < -0.4 is 30.7 Å². The molecule has 86 heavy (non-hydrogen) atoms. The fourth-order valence-corrected chi connectivity index (χ4v) is 30.2. The fourth-order valence-electron chi connectivity index (χ4n) is 13.4. The average Bonchev–Trinajstić information content (AvgIpc) is 0.742. The Kier molecular flexibility index (Phi) is 22.7. The van der Waals surface area contributed by atoms with E-state index in [-0.39, 0.29) is 49.4 Å². The summed E-state index contributed by atoms with van der Waals surface area (Å²) in [6.45, 7) is 58.4. The fraction of sp³-hybridized carbons (Fsp3) is 0.642. The monoisotopic (exact) mass is 1430 g/mol. The van der Waals surface area contributed by atoms with Gasteiger partial charge in [-0.1, -0.05) is 242 Å². The Morgan fingerprint density at radius 2 is 0.500 bits per heavy atom. The summed E-state index contributed by atoms with van der Waals surface area (Å²) in [5.41, 5.74) is 3.30. The first-order chi connectivity index (χ1) is 37.4. The maximum Gasteiger partial charge on any atom is 0.414 e. The Bertz CT molecular complexity index is 2840. The van der Waals surface area contributed by atoms with Crippen molar-refractivity contribution in [3.05, 3.63) is 95.1 Å². The number of hydrogen-bond acceptors (Lipinski definition) is 8. The second kappa shape index (κ2) is 24.8. The molecule has 2 heterocycles. The molecule has 0 spiro atoms. The second-order valence-corrected chi connectivity index (χ2v) is 49.8. The van der Waals surface area contributed by atoms with Gasteiger partial charge in [-0.25, -0.2) is 0 Å². The summed E-state index contributed by atoms with van der Waals surface area (Å²) >= 11 is 0. The van der Waals surface area contributed by atoms with Crippen LogP contribution in [0.5, 0.6) is 23.0 Å². The SMILES string of the molecule is CC1(C)c2cccc(P(=O)(C(C)(C)C)C(C)(C)C)c2Oc2c1cccc2P(=O)(C(C)(C)C)C(C)(C)C.CC1(C)c2cccc(P(=O)(C(C)(C)C)C(C)(C)C)c2Oc2c1cccc2P(=O)(C(C)(C)C)C(C)(C)C.OC(CC(O)C(F)(F)F)C(F)(F)F.[Eu]. The molecule has 6 rings (SSSR count). The maximum atomic E-state index is 15.1. The quantitative estimate of drug-likeness (QED) is 0.144. The summed E-state index contributed by atoms with van der Waals surface area (Å²) in [6.07, 6.45) is -18.4. The van der Waals surface area contributed by atoms with Crippen LogP contribution in [0.4, 0.5) is 26.3 Å². The Morgan fingerprint density at radius 1 is 0.349 bits per heavy atom. The van der Waals surface area contributed by atoms with Crippen LogP contribution in [0.15, 0.2) is 72.8 Å². The molecule has 8 nitrogen and oxygen atoms in total. The molecular weight excluding hydrogens is 1320 g/mol. The molecule has 2 aliphatic rings. The molecule has 0 aliphatic carbocycles. The van der Waals surface area contributed by atoms with E-state index in [9.17, 15) is 26.3 Å². The van der Waals surface area contributed by atoms with Crippen molar-refractivity contribution in [1.82, 2.24) is 0 Å². The topological polar surface area (TPSA) is 127 Å². The first-order valence-corrected chi connectivity index (χ1v) is 36.1. The van der Waals surface area contributed by atoms with E-state index < -0.39 is 112 Å². The van der Waals surface area contributed by atoms with Crippen molar-refractivity contribution < 1.29 is 114 Å². The number of aliphatic hydroxyl groups is 2. The van der Waals surface area contributed by atoms with Crippen LogP contribution in [-0.2, 0) is 29.1 Å². The van der Waals surface area contributed by atoms with Gasteiger partial charge in [-0.2, -0.15) is 26.3 Å². The third-order valence-corrected chi connectivity index (χ3v) is 36.4. The van der Waals surface area contributed by atoms with Crippen LogP contribution >= 0.6 is 28.6 Å². The predicted octanol–water partition coefficient (Wildman–Crippen LogP) is 19.8. The first-order valence-electron chi connectivity index (χ1n) is 29.3. The van der Waals surface area contributed by atoms with Crippen LogP contribution in [0.25, 0.3) is 0 Å². The van der Waals surface area contributed by atoms with Crippen molar-refractivity contribution >= 4 is 49.8 Å². The van der Waals surface area contributed by atoms with Crippen LogP contribution in [0.2, 0.25) is 0 Å². The third-order valence-electron chi connectivity index (χ3n) is 17.2. The van der Waals surface area contributed by atoms with Crippen molar-refractivity contribution in [2.45, 2.75) is 277 Å². The summed E-state index contributed by atoms with van der Waals surface area (Å²) in [7, 11) is -11.9. The normalized spacial score (nSPS) is 16.8. The van der Waals surface area contributed by atoms with Gasteiger partial charge in [-0.15, -0.1) is 0 Å². The van der Waals surface area contributed by atoms with Gasteiger partial charge < -0.3 is 37.9 Å². The van der Waals surface area contributed by atoms with Gasteiger partial charge in [0.25, 0.3) is 0 Å². The molecule has 0 fully saturated rings. The number of halogens is 6. The molecule has 0 saturated heterocycles. The standard InChI is InChI=1S/2C31H48O3P2.C5H6F6O2.Eu/c2*1-27(2,3)35(32,28(4,5)6)23-19-15-17-21-25(23)34-26-22(31(21,13)14)18-16-20-24(26)36(33,29(7,8)9)30(10,11)12;6-4(7,8)2(12)1-3(13)5(9,10)11;/h2*15-20H,1-14H3;2-3,12-13H,1H2;. The molecule has 0 amide bonds. The van der Waals surface area contributed by atoms with E-state index in [1.54, 1.807) is 0 Å². The van der Waals surface area contributed by atoms with Crippen LogP contribution in [-0.4, -0.2) is 76.0 Å². The Balaban J connectivity index is 0.000000371. The van der Waals surface area contributed by atoms with E-state index in [4.69, 9.17) is 19.7 Å². The number of rotatable bonds is 6. The number of ether oxygens (including phenoxy) is 2. The van der Waals surface area contributed by atoms with Crippen molar-refractivity contribution in [3.63, 3.8) is 0 Å². The number of para-hydroxylation sites is 4. The summed E-state index contributed by atoms with van der Waals surface area (Å²) in [6, 6.07) is 24.4.